The molecule has 1 aromatic heterocycles. The van der Waals surface area contributed by atoms with Crippen molar-refractivity contribution in [1.82, 2.24) is 9.97 Å². The van der Waals surface area contributed by atoms with E-state index in [4.69, 9.17) is 21.1 Å². The summed E-state index contributed by atoms with van der Waals surface area (Å²) in [5.41, 5.74) is 1.84. The monoisotopic (exact) mass is 278 g/mol. The standard InChI is InChI=1S/C14H15ClN2O2/c1-3-12-13(15)16-9-17-14(12)19-8-10-5-4-6-11(7-10)18-2/h4-7,9H,3,8H2,1-2H3. The highest BCUT2D eigenvalue weighted by Gasteiger charge is 2.09. The molecule has 0 bridgehead atoms. The molecule has 2 rings (SSSR count). The van der Waals surface area contributed by atoms with Gasteiger partial charge in [0, 0.05) is 0 Å². The van der Waals surface area contributed by atoms with E-state index in [-0.39, 0.29) is 0 Å². The van der Waals surface area contributed by atoms with Crippen molar-refractivity contribution < 1.29 is 9.47 Å². The molecule has 0 aliphatic rings. The van der Waals surface area contributed by atoms with Crippen molar-refractivity contribution in [2.45, 2.75) is 20.0 Å². The molecule has 0 aliphatic heterocycles. The Morgan fingerprint density at radius 2 is 2.11 bits per heavy atom. The van der Waals surface area contributed by atoms with Gasteiger partial charge in [-0.3, -0.25) is 0 Å². The van der Waals surface area contributed by atoms with Gasteiger partial charge in [0.25, 0.3) is 0 Å². The summed E-state index contributed by atoms with van der Waals surface area (Å²) < 4.78 is 10.9. The van der Waals surface area contributed by atoms with Crippen LogP contribution in [0.25, 0.3) is 0 Å². The third kappa shape index (κ3) is 3.35. The lowest BCUT2D eigenvalue weighted by atomic mass is 10.2. The zero-order chi connectivity index (χ0) is 13.7. The van der Waals surface area contributed by atoms with Crippen LogP contribution in [0.5, 0.6) is 11.6 Å². The van der Waals surface area contributed by atoms with Crippen LogP contribution in [0.4, 0.5) is 0 Å². The lowest BCUT2D eigenvalue weighted by Gasteiger charge is -2.10. The maximum Gasteiger partial charge on any atom is 0.221 e. The fourth-order valence-corrected chi connectivity index (χ4v) is 1.97. The fraction of sp³-hybridized carbons (Fsp3) is 0.286. The Hall–Kier alpha value is -1.81. The molecule has 0 N–H and O–H groups in total. The number of rotatable bonds is 5. The largest absolute Gasteiger partial charge is 0.497 e. The van der Waals surface area contributed by atoms with Gasteiger partial charge in [-0.1, -0.05) is 30.7 Å². The van der Waals surface area contributed by atoms with Gasteiger partial charge in [-0.05, 0) is 24.1 Å². The molecule has 0 unspecified atom stereocenters. The second-order valence-electron chi connectivity index (χ2n) is 3.94. The van der Waals surface area contributed by atoms with Crippen molar-refractivity contribution in [3.05, 3.63) is 46.9 Å². The van der Waals surface area contributed by atoms with Crippen molar-refractivity contribution in [2.24, 2.45) is 0 Å². The second-order valence-corrected chi connectivity index (χ2v) is 4.30. The molecule has 0 radical (unpaired) electrons. The third-order valence-corrected chi connectivity index (χ3v) is 3.04. The lowest BCUT2D eigenvalue weighted by molar-refractivity contribution is 0.289. The molecule has 1 aromatic carbocycles. The molecule has 1 heterocycles. The van der Waals surface area contributed by atoms with Gasteiger partial charge in [0.2, 0.25) is 5.88 Å². The van der Waals surface area contributed by atoms with E-state index in [2.05, 4.69) is 9.97 Å². The lowest BCUT2D eigenvalue weighted by Crippen LogP contribution is -2.02. The molecule has 100 valence electrons. The highest BCUT2D eigenvalue weighted by atomic mass is 35.5. The smallest absolute Gasteiger partial charge is 0.221 e. The molecule has 2 aromatic rings. The summed E-state index contributed by atoms with van der Waals surface area (Å²) in [6, 6.07) is 7.71. The molecule has 0 aliphatic carbocycles. The molecule has 4 nitrogen and oxygen atoms in total. The molecular weight excluding hydrogens is 264 g/mol. The van der Waals surface area contributed by atoms with Gasteiger partial charge in [-0.25, -0.2) is 9.97 Å². The highest BCUT2D eigenvalue weighted by Crippen LogP contribution is 2.23. The predicted molar refractivity (Wildman–Crippen MR) is 73.7 cm³/mol. The third-order valence-electron chi connectivity index (χ3n) is 2.72. The Kier molecular flexibility index (Phi) is 4.58. The minimum Gasteiger partial charge on any atom is -0.497 e. The summed E-state index contributed by atoms with van der Waals surface area (Å²) in [7, 11) is 1.64. The first-order valence-electron chi connectivity index (χ1n) is 5.99. The molecule has 0 atom stereocenters. The first kappa shape index (κ1) is 13.6. The molecule has 0 amide bonds. The Bertz CT molecular complexity index is 561. The van der Waals surface area contributed by atoms with Crippen LogP contribution in [0.2, 0.25) is 5.15 Å². The number of hydrogen-bond acceptors (Lipinski definition) is 4. The number of ether oxygens (including phenoxy) is 2. The fourth-order valence-electron chi connectivity index (χ4n) is 1.71. The van der Waals surface area contributed by atoms with Crippen molar-refractivity contribution in [2.75, 3.05) is 7.11 Å². The Labute approximate surface area is 117 Å². The van der Waals surface area contributed by atoms with Gasteiger partial charge >= 0.3 is 0 Å². The molecule has 19 heavy (non-hydrogen) atoms. The summed E-state index contributed by atoms with van der Waals surface area (Å²) in [4.78, 5) is 8.07. The van der Waals surface area contributed by atoms with Gasteiger partial charge in [-0.15, -0.1) is 0 Å². The van der Waals surface area contributed by atoms with Crippen LogP contribution in [0.1, 0.15) is 18.1 Å². The van der Waals surface area contributed by atoms with E-state index in [9.17, 15) is 0 Å². The normalized spacial score (nSPS) is 10.3. The Morgan fingerprint density at radius 3 is 2.84 bits per heavy atom. The van der Waals surface area contributed by atoms with E-state index in [1.807, 2.05) is 31.2 Å². The number of aromatic nitrogens is 2. The van der Waals surface area contributed by atoms with Crippen LogP contribution in [0.15, 0.2) is 30.6 Å². The number of benzene rings is 1. The van der Waals surface area contributed by atoms with Gasteiger partial charge in [0.05, 0.1) is 12.7 Å². The summed E-state index contributed by atoms with van der Waals surface area (Å²) in [5, 5.41) is 0.443. The van der Waals surface area contributed by atoms with E-state index >= 15 is 0 Å². The molecule has 5 heteroatoms. The van der Waals surface area contributed by atoms with E-state index < -0.39 is 0 Å². The summed E-state index contributed by atoms with van der Waals surface area (Å²) in [6.07, 6.45) is 2.13. The molecule has 0 saturated carbocycles. The zero-order valence-electron chi connectivity index (χ0n) is 10.9. The van der Waals surface area contributed by atoms with Gasteiger partial charge in [0.15, 0.2) is 0 Å². The van der Waals surface area contributed by atoms with Crippen LogP contribution in [0, 0.1) is 0 Å². The van der Waals surface area contributed by atoms with Crippen molar-refractivity contribution in [3.63, 3.8) is 0 Å². The molecule has 0 saturated heterocycles. The minimum absolute atomic E-state index is 0.414. The Morgan fingerprint density at radius 1 is 1.26 bits per heavy atom. The summed E-state index contributed by atoms with van der Waals surface area (Å²) >= 11 is 6.01. The van der Waals surface area contributed by atoms with Crippen molar-refractivity contribution in [3.8, 4) is 11.6 Å². The van der Waals surface area contributed by atoms with Crippen LogP contribution in [-0.4, -0.2) is 17.1 Å². The van der Waals surface area contributed by atoms with Crippen LogP contribution in [0.3, 0.4) is 0 Å². The SMILES string of the molecule is CCc1c(Cl)ncnc1OCc1cccc(OC)c1. The van der Waals surface area contributed by atoms with E-state index in [0.29, 0.717) is 17.6 Å². The average Bonchev–Trinajstić information content (AvgIpc) is 2.45. The highest BCUT2D eigenvalue weighted by molar-refractivity contribution is 6.30. The maximum absolute atomic E-state index is 6.01. The van der Waals surface area contributed by atoms with E-state index in [0.717, 1.165) is 23.3 Å². The quantitative estimate of drug-likeness (QED) is 0.787. The van der Waals surface area contributed by atoms with Gasteiger partial charge < -0.3 is 9.47 Å². The number of methoxy groups -OCH3 is 1. The molecule has 0 spiro atoms. The van der Waals surface area contributed by atoms with E-state index in [1.165, 1.54) is 6.33 Å². The minimum atomic E-state index is 0.414. The van der Waals surface area contributed by atoms with Crippen LogP contribution in [-0.2, 0) is 13.0 Å². The number of halogens is 1. The number of nitrogens with zero attached hydrogens (tertiary/aromatic N) is 2. The Balaban J connectivity index is 2.12. The van der Waals surface area contributed by atoms with Crippen LogP contribution < -0.4 is 9.47 Å². The summed E-state index contributed by atoms with van der Waals surface area (Å²) in [6.45, 7) is 2.40. The molecular formula is C14H15ClN2O2. The average molecular weight is 279 g/mol. The predicted octanol–water partition coefficient (Wildman–Crippen LogP) is 3.28. The first-order chi connectivity index (χ1) is 9.24. The van der Waals surface area contributed by atoms with Gasteiger partial charge in [-0.2, -0.15) is 0 Å². The van der Waals surface area contributed by atoms with Crippen molar-refractivity contribution >= 4 is 11.6 Å². The maximum atomic E-state index is 6.01. The summed E-state index contributed by atoms with van der Waals surface area (Å²) in [5.74, 6) is 1.34. The van der Waals surface area contributed by atoms with Gasteiger partial charge in [0.1, 0.15) is 23.8 Å². The topological polar surface area (TPSA) is 44.2 Å². The first-order valence-corrected chi connectivity index (χ1v) is 6.37. The second kappa shape index (κ2) is 6.38. The van der Waals surface area contributed by atoms with Crippen LogP contribution >= 0.6 is 11.6 Å². The zero-order valence-corrected chi connectivity index (χ0v) is 11.6. The van der Waals surface area contributed by atoms with Crippen molar-refractivity contribution in [1.29, 1.82) is 0 Å². The van der Waals surface area contributed by atoms with E-state index in [1.54, 1.807) is 7.11 Å². The number of hydrogen-bond donors (Lipinski definition) is 0. The molecule has 0 fully saturated rings.